The van der Waals surface area contributed by atoms with Crippen LogP contribution in [0.5, 0.6) is 0 Å². The van der Waals surface area contributed by atoms with Crippen LogP contribution >= 0.6 is 22.9 Å². The average molecular weight is 199 g/mol. The maximum absolute atomic E-state index is 5.86. The number of aromatic nitrogens is 1. The quantitative estimate of drug-likeness (QED) is 0.765. The molecule has 0 unspecified atom stereocenters. The number of rotatable bonds is 1. The summed E-state index contributed by atoms with van der Waals surface area (Å²) < 4.78 is 1.89. The van der Waals surface area contributed by atoms with Crippen LogP contribution in [0, 0.1) is 0 Å². The van der Waals surface area contributed by atoms with Crippen molar-refractivity contribution in [1.82, 2.24) is 4.98 Å². The highest BCUT2D eigenvalue weighted by Gasteiger charge is 2.03. The second-order valence-corrected chi connectivity index (χ2v) is 4.11. The Balaban J connectivity index is 2.78. The number of fused-ring (bicyclic) bond motifs is 1. The molecule has 0 aliphatic carbocycles. The number of thiophene rings is 1. The third-order valence-electron chi connectivity index (χ3n) is 1.67. The van der Waals surface area contributed by atoms with Gasteiger partial charge in [0.25, 0.3) is 0 Å². The Morgan fingerprint density at radius 2 is 2.42 bits per heavy atom. The molecule has 4 heteroatoms. The molecule has 2 N–H and O–H groups in total. The smallest absolute Gasteiger partial charge is 0.0941 e. The lowest BCUT2D eigenvalue weighted by Gasteiger charge is -1.95. The Labute approximate surface area is 79.0 Å². The van der Waals surface area contributed by atoms with Crippen molar-refractivity contribution in [3.8, 4) is 0 Å². The molecular weight excluding hydrogens is 192 g/mol. The molecule has 0 saturated heterocycles. The topological polar surface area (TPSA) is 38.9 Å². The van der Waals surface area contributed by atoms with Gasteiger partial charge in [0.15, 0.2) is 0 Å². The van der Waals surface area contributed by atoms with Crippen molar-refractivity contribution in [2.24, 2.45) is 5.73 Å². The Hall–Kier alpha value is -0.640. The van der Waals surface area contributed by atoms with Gasteiger partial charge in [0, 0.05) is 12.7 Å². The molecule has 2 nitrogen and oxygen atoms in total. The predicted molar refractivity (Wildman–Crippen MR) is 52.5 cm³/mol. The predicted octanol–water partition coefficient (Wildman–Crippen LogP) is 2.41. The molecule has 0 bridgehead atoms. The third-order valence-corrected chi connectivity index (χ3v) is 3.00. The standard InChI is InChI=1S/C8H7ClN2S/c9-7-3-5-1-2-11-6(4-10)8(5)12-7/h1-3H,4,10H2. The first-order chi connectivity index (χ1) is 5.81. The molecule has 62 valence electrons. The number of hydrogen-bond donors (Lipinski definition) is 1. The summed E-state index contributed by atoms with van der Waals surface area (Å²) in [5.74, 6) is 0. The molecule has 0 fully saturated rings. The molecule has 0 atom stereocenters. The van der Waals surface area contributed by atoms with Crippen LogP contribution in [0.1, 0.15) is 5.69 Å². The van der Waals surface area contributed by atoms with Crippen molar-refractivity contribution in [3.05, 3.63) is 28.4 Å². The SMILES string of the molecule is NCc1nccc2cc(Cl)sc12. The summed E-state index contributed by atoms with van der Waals surface area (Å²) in [5, 5.41) is 1.13. The Bertz CT molecular complexity index is 410. The van der Waals surface area contributed by atoms with Crippen LogP contribution in [0.15, 0.2) is 18.3 Å². The highest BCUT2D eigenvalue weighted by atomic mass is 35.5. The molecule has 2 aromatic heterocycles. The fraction of sp³-hybridized carbons (Fsp3) is 0.125. The summed E-state index contributed by atoms with van der Waals surface area (Å²) >= 11 is 7.39. The molecule has 2 aromatic rings. The zero-order valence-electron chi connectivity index (χ0n) is 6.25. The molecular formula is C8H7ClN2S. The van der Waals surface area contributed by atoms with Gasteiger partial charge in [-0.3, -0.25) is 4.98 Å². The van der Waals surface area contributed by atoms with Crippen LogP contribution in [-0.2, 0) is 6.54 Å². The van der Waals surface area contributed by atoms with E-state index in [-0.39, 0.29) is 0 Å². The van der Waals surface area contributed by atoms with Crippen molar-refractivity contribution in [3.63, 3.8) is 0 Å². The minimum absolute atomic E-state index is 0.466. The van der Waals surface area contributed by atoms with Crippen LogP contribution in [0.25, 0.3) is 10.1 Å². The van der Waals surface area contributed by atoms with Crippen molar-refractivity contribution < 1.29 is 0 Å². The van der Waals surface area contributed by atoms with E-state index in [4.69, 9.17) is 17.3 Å². The van der Waals surface area contributed by atoms with Gasteiger partial charge in [-0.2, -0.15) is 0 Å². The average Bonchev–Trinajstić information content (AvgIpc) is 2.44. The first kappa shape index (κ1) is 7.98. The van der Waals surface area contributed by atoms with E-state index in [1.165, 1.54) is 11.3 Å². The van der Waals surface area contributed by atoms with Gasteiger partial charge in [0.2, 0.25) is 0 Å². The van der Waals surface area contributed by atoms with E-state index in [9.17, 15) is 0 Å². The molecule has 0 spiro atoms. The van der Waals surface area contributed by atoms with Gasteiger partial charge < -0.3 is 5.73 Å². The van der Waals surface area contributed by atoms with Crippen LogP contribution in [0.4, 0.5) is 0 Å². The molecule has 2 rings (SSSR count). The number of nitrogens with zero attached hydrogens (tertiary/aromatic N) is 1. The molecule has 0 amide bonds. The van der Waals surface area contributed by atoms with Crippen LogP contribution in [0.3, 0.4) is 0 Å². The van der Waals surface area contributed by atoms with Gasteiger partial charge in [-0.15, -0.1) is 11.3 Å². The Morgan fingerprint density at radius 1 is 1.58 bits per heavy atom. The van der Waals surface area contributed by atoms with Crippen molar-refractivity contribution in [1.29, 1.82) is 0 Å². The van der Waals surface area contributed by atoms with Gasteiger partial charge in [-0.25, -0.2) is 0 Å². The van der Waals surface area contributed by atoms with E-state index in [1.54, 1.807) is 6.20 Å². The second-order valence-electron chi connectivity index (χ2n) is 2.43. The van der Waals surface area contributed by atoms with Gasteiger partial charge >= 0.3 is 0 Å². The van der Waals surface area contributed by atoms with Crippen molar-refractivity contribution in [2.45, 2.75) is 6.54 Å². The van der Waals surface area contributed by atoms with Gasteiger partial charge in [0.1, 0.15) is 0 Å². The van der Waals surface area contributed by atoms with E-state index in [1.807, 2.05) is 12.1 Å². The first-order valence-electron chi connectivity index (χ1n) is 3.54. The largest absolute Gasteiger partial charge is 0.325 e. The van der Waals surface area contributed by atoms with E-state index in [0.29, 0.717) is 6.54 Å². The van der Waals surface area contributed by atoms with E-state index < -0.39 is 0 Å². The Kier molecular flexibility index (Phi) is 2.00. The second kappa shape index (κ2) is 3.01. The number of nitrogens with two attached hydrogens (primary N) is 1. The normalized spacial score (nSPS) is 10.8. The summed E-state index contributed by atoms with van der Waals surface area (Å²) in [6.45, 7) is 0.466. The summed E-state index contributed by atoms with van der Waals surface area (Å²) in [5.41, 5.74) is 6.45. The maximum atomic E-state index is 5.86. The maximum Gasteiger partial charge on any atom is 0.0941 e. The zero-order valence-corrected chi connectivity index (χ0v) is 7.82. The molecule has 0 aliphatic heterocycles. The Morgan fingerprint density at radius 3 is 3.17 bits per heavy atom. The minimum Gasteiger partial charge on any atom is -0.325 e. The number of halogens is 1. The molecule has 0 saturated carbocycles. The fourth-order valence-corrected chi connectivity index (χ4v) is 2.36. The summed E-state index contributed by atoms with van der Waals surface area (Å²) in [6.07, 6.45) is 1.76. The lowest BCUT2D eigenvalue weighted by atomic mass is 10.3. The highest BCUT2D eigenvalue weighted by Crippen LogP contribution is 2.30. The molecule has 0 radical (unpaired) electrons. The number of hydrogen-bond acceptors (Lipinski definition) is 3. The molecule has 2 heterocycles. The molecule has 12 heavy (non-hydrogen) atoms. The summed E-state index contributed by atoms with van der Waals surface area (Å²) in [4.78, 5) is 4.17. The minimum atomic E-state index is 0.466. The van der Waals surface area contributed by atoms with Crippen LogP contribution in [-0.4, -0.2) is 4.98 Å². The van der Waals surface area contributed by atoms with Crippen LogP contribution < -0.4 is 5.73 Å². The lowest BCUT2D eigenvalue weighted by molar-refractivity contribution is 1.01. The van der Waals surface area contributed by atoms with Crippen molar-refractivity contribution >= 4 is 33.0 Å². The summed E-state index contributed by atoms with van der Waals surface area (Å²) in [6, 6.07) is 3.87. The molecule has 0 aliphatic rings. The van der Waals surface area contributed by atoms with E-state index >= 15 is 0 Å². The van der Waals surface area contributed by atoms with Gasteiger partial charge in [-0.05, 0) is 17.5 Å². The number of pyridine rings is 1. The fourth-order valence-electron chi connectivity index (χ4n) is 1.13. The first-order valence-corrected chi connectivity index (χ1v) is 4.73. The van der Waals surface area contributed by atoms with Gasteiger partial charge in [-0.1, -0.05) is 11.6 Å². The molecule has 0 aromatic carbocycles. The summed E-state index contributed by atoms with van der Waals surface area (Å²) in [7, 11) is 0. The third kappa shape index (κ3) is 1.20. The lowest BCUT2D eigenvalue weighted by Crippen LogP contribution is -1.98. The van der Waals surface area contributed by atoms with E-state index in [2.05, 4.69) is 4.98 Å². The monoisotopic (exact) mass is 198 g/mol. The zero-order chi connectivity index (χ0) is 8.55. The highest BCUT2D eigenvalue weighted by molar-refractivity contribution is 7.22. The van der Waals surface area contributed by atoms with Crippen molar-refractivity contribution in [2.75, 3.05) is 0 Å². The van der Waals surface area contributed by atoms with E-state index in [0.717, 1.165) is 20.1 Å². The van der Waals surface area contributed by atoms with Gasteiger partial charge in [0.05, 0.1) is 14.7 Å². The van der Waals surface area contributed by atoms with Crippen LogP contribution in [0.2, 0.25) is 4.34 Å².